The van der Waals surface area contributed by atoms with Crippen LogP contribution < -0.4 is 10.9 Å². The number of hydrogen-bond donors (Lipinski definition) is 1. The SMILES string of the molecule is Cc1ccc2occ(Cc3c(O)ccc4c(=O)c(-c5ccccc5F)coc34)c(=O)c2c1. The highest BCUT2D eigenvalue weighted by atomic mass is 19.1. The zero-order chi connectivity index (χ0) is 22.4. The Morgan fingerprint density at radius 1 is 0.875 bits per heavy atom. The van der Waals surface area contributed by atoms with E-state index in [4.69, 9.17) is 8.83 Å². The van der Waals surface area contributed by atoms with Gasteiger partial charge in [-0.25, -0.2) is 4.39 Å². The molecule has 1 N–H and O–H groups in total. The molecule has 2 aromatic heterocycles. The van der Waals surface area contributed by atoms with Crippen molar-refractivity contribution in [3.63, 3.8) is 0 Å². The highest BCUT2D eigenvalue weighted by Crippen LogP contribution is 2.30. The summed E-state index contributed by atoms with van der Waals surface area (Å²) in [6, 6.07) is 14.0. The van der Waals surface area contributed by atoms with E-state index in [2.05, 4.69) is 0 Å². The number of fused-ring (bicyclic) bond motifs is 2. The van der Waals surface area contributed by atoms with Gasteiger partial charge in [-0.3, -0.25) is 9.59 Å². The van der Waals surface area contributed by atoms with Crippen LogP contribution in [0.5, 0.6) is 5.75 Å². The number of phenolic OH excluding ortho intramolecular Hbond substituents is 1. The van der Waals surface area contributed by atoms with Gasteiger partial charge in [0, 0.05) is 23.1 Å². The molecule has 0 aliphatic rings. The van der Waals surface area contributed by atoms with Crippen molar-refractivity contribution in [1.82, 2.24) is 0 Å². The van der Waals surface area contributed by atoms with E-state index in [1.54, 1.807) is 18.2 Å². The molecule has 0 saturated heterocycles. The summed E-state index contributed by atoms with van der Waals surface area (Å²) >= 11 is 0. The Hall–Kier alpha value is -4.19. The Labute approximate surface area is 181 Å². The second kappa shape index (κ2) is 7.50. The van der Waals surface area contributed by atoms with Crippen molar-refractivity contribution in [1.29, 1.82) is 0 Å². The summed E-state index contributed by atoms with van der Waals surface area (Å²) in [5, 5.41) is 11.1. The molecule has 0 amide bonds. The molecule has 0 aliphatic heterocycles. The number of hydrogen-bond acceptors (Lipinski definition) is 5. The van der Waals surface area contributed by atoms with Crippen LogP contribution in [-0.4, -0.2) is 5.11 Å². The highest BCUT2D eigenvalue weighted by molar-refractivity contribution is 5.86. The fourth-order valence-corrected chi connectivity index (χ4v) is 3.88. The average Bonchev–Trinajstić information content (AvgIpc) is 2.78. The minimum Gasteiger partial charge on any atom is -0.508 e. The number of aromatic hydroxyl groups is 1. The summed E-state index contributed by atoms with van der Waals surface area (Å²) in [4.78, 5) is 26.1. The van der Waals surface area contributed by atoms with E-state index >= 15 is 0 Å². The van der Waals surface area contributed by atoms with Crippen LogP contribution in [0, 0.1) is 12.7 Å². The smallest absolute Gasteiger partial charge is 0.200 e. The van der Waals surface area contributed by atoms with Crippen LogP contribution in [-0.2, 0) is 6.42 Å². The predicted octanol–water partition coefficient (Wildman–Crippen LogP) is 5.31. The number of aryl methyl sites for hydroxylation is 1. The van der Waals surface area contributed by atoms with Crippen molar-refractivity contribution < 1.29 is 18.3 Å². The lowest BCUT2D eigenvalue weighted by Gasteiger charge is -2.10. The Bertz CT molecular complexity index is 1630. The van der Waals surface area contributed by atoms with Gasteiger partial charge in [-0.2, -0.15) is 0 Å². The lowest BCUT2D eigenvalue weighted by atomic mass is 9.99. The lowest BCUT2D eigenvalue weighted by molar-refractivity contribution is 0.467. The minimum atomic E-state index is -0.540. The Balaban J connectivity index is 1.68. The topological polar surface area (TPSA) is 80.7 Å². The molecule has 0 atom stereocenters. The average molecular weight is 428 g/mol. The van der Waals surface area contributed by atoms with Gasteiger partial charge in [0.05, 0.1) is 22.6 Å². The highest BCUT2D eigenvalue weighted by Gasteiger charge is 2.18. The van der Waals surface area contributed by atoms with E-state index in [1.807, 2.05) is 13.0 Å². The first kappa shape index (κ1) is 19.8. The molecule has 158 valence electrons. The minimum absolute atomic E-state index is 0.00261. The van der Waals surface area contributed by atoms with Crippen LogP contribution in [0.15, 0.2) is 85.5 Å². The normalized spacial score (nSPS) is 11.3. The molecule has 5 aromatic rings. The number of phenols is 1. The first-order chi connectivity index (χ1) is 15.4. The third kappa shape index (κ3) is 3.17. The van der Waals surface area contributed by atoms with Crippen molar-refractivity contribution in [2.75, 3.05) is 0 Å². The molecule has 0 bridgehead atoms. The van der Waals surface area contributed by atoms with Gasteiger partial charge in [-0.15, -0.1) is 0 Å². The molecule has 5 nitrogen and oxygen atoms in total. The van der Waals surface area contributed by atoms with Gasteiger partial charge in [-0.1, -0.05) is 29.8 Å². The van der Waals surface area contributed by atoms with Gasteiger partial charge in [0.1, 0.15) is 29.0 Å². The first-order valence-corrected chi connectivity index (χ1v) is 9.96. The molecule has 0 aliphatic carbocycles. The Morgan fingerprint density at radius 2 is 1.69 bits per heavy atom. The molecular weight excluding hydrogens is 411 g/mol. The molecule has 2 heterocycles. The fraction of sp³-hybridized carbons (Fsp3) is 0.0769. The van der Waals surface area contributed by atoms with E-state index < -0.39 is 11.2 Å². The van der Waals surface area contributed by atoms with Crippen molar-refractivity contribution in [3.8, 4) is 16.9 Å². The van der Waals surface area contributed by atoms with Crippen LogP contribution in [0.3, 0.4) is 0 Å². The molecule has 0 unspecified atom stereocenters. The van der Waals surface area contributed by atoms with Crippen LogP contribution in [0.25, 0.3) is 33.1 Å². The quantitative estimate of drug-likeness (QED) is 0.421. The maximum atomic E-state index is 14.2. The second-order valence-electron chi connectivity index (χ2n) is 7.66. The molecule has 0 fully saturated rings. The van der Waals surface area contributed by atoms with Gasteiger partial charge in [0.2, 0.25) is 5.43 Å². The zero-order valence-electron chi connectivity index (χ0n) is 17.0. The number of benzene rings is 3. The molecule has 0 spiro atoms. The molecule has 0 radical (unpaired) electrons. The van der Waals surface area contributed by atoms with Crippen LogP contribution in [0.1, 0.15) is 16.7 Å². The Kier molecular flexibility index (Phi) is 4.63. The Morgan fingerprint density at radius 3 is 2.50 bits per heavy atom. The molecule has 5 rings (SSSR count). The van der Waals surface area contributed by atoms with Crippen molar-refractivity contribution in [2.45, 2.75) is 13.3 Å². The largest absolute Gasteiger partial charge is 0.508 e. The van der Waals surface area contributed by atoms with E-state index in [9.17, 15) is 19.1 Å². The third-order valence-electron chi connectivity index (χ3n) is 5.55. The number of halogens is 1. The molecule has 0 saturated carbocycles. The summed E-state index contributed by atoms with van der Waals surface area (Å²) in [6.45, 7) is 1.88. The zero-order valence-corrected chi connectivity index (χ0v) is 17.0. The van der Waals surface area contributed by atoms with E-state index in [-0.39, 0.29) is 45.3 Å². The summed E-state index contributed by atoms with van der Waals surface area (Å²) in [5.41, 5.74) is 1.66. The van der Waals surface area contributed by atoms with E-state index in [1.165, 1.54) is 42.9 Å². The van der Waals surface area contributed by atoms with Gasteiger partial charge < -0.3 is 13.9 Å². The maximum absolute atomic E-state index is 14.2. The van der Waals surface area contributed by atoms with E-state index in [0.717, 1.165) is 5.56 Å². The van der Waals surface area contributed by atoms with Gasteiger partial charge in [0.15, 0.2) is 5.43 Å². The fourth-order valence-electron chi connectivity index (χ4n) is 3.88. The standard InChI is InChI=1S/C26H17FO5/c1-14-6-9-23-19(10-14)24(29)15(12-31-23)11-18-22(28)8-7-17-25(30)20(13-32-26(17)18)16-4-2-3-5-21(16)27/h2-10,12-13,28H,11H2,1H3. The van der Waals surface area contributed by atoms with Crippen molar-refractivity contribution >= 4 is 21.9 Å². The predicted molar refractivity (Wildman–Crippen MR) is 120 cm³/mol. The first-order valence-electron chi connectivity index (χ1n) is 9.96. The summed E-state index contributed by atoms with van der Waals surface area (Å²) in [6.07, 6.45) is 2.53. The third-order valence-corrected chi connectivity index (χ3v) is 5.55. The summed E-state index contributed by atoms with van der Waals surface area (Å²) in [5.74, 6) is -0.662. The monoisotopic (exact) mass is 428 g/mol. The van der Waals surface area contributed by atoms with Crippen molar-refractivity contribution in [3.05, 3.63) is 110 Å². The van der Waals surface area contributed by atoms with E-state index in [0.29, 0.717) is 16.5 Å². The second-order valence-corrected chi connectivity index (χ2v) is 7.66. The molecule has 32 heavy (non-hydrogen) atoms. The molecule has 3 aromatic carbocycles. The molecular formula is C26H17FO5. The van der Waals surface area contributed by atoms with Gasteiger partial charge in [-0.05, 0) is 37.3 Å². The number of rotatable bonds is 3. The summed E-state index contributed by atoms with van der Waals surface area (Å²) in [7, 11) is 0. The van der Waals surface area contributed by atoms with Crippen LogP contribution >= 0.6 is 0 Å². The van der Waals surface area contributed by atoms with Crippen LogP contribution in [0.2, 0.25) is 0 Å². The van der Waals surface area contributed by atoms with Crippen molar-refractivity contribution in [2.24, 2.45) is 0 Å². The maximum Gasteiger partial charge on any atom is 0.200 e. The van der Waals surface area contributed by atoms with Gasteiger partial charge in [0.25, 0.3) is 0 Å². The lowest BCUT2D eigenvalue weighted by Crippen LogP contribution is -2.11. The van der Waals surface area contributed by atoms with Crippen LogP contribution in [0.4, 0.5) is 4.39 Å². The molecule has 6 heteroatoms. The van der Waals surface area contributed by atoms with Gasteiger partial charge >= 0.3 is 0 Å². The summed E-state index contributed by atoms with van der Waals surface area (Å²) < 4.78 is 25.5.